The first-order chi connectivity index (χ1) is 6.06. The van der Waals surface area contributed by atoms with E-state index in [1.807, 2.05) is 0 Å². The molecule has 0 aliphatic rings. The fraction of sp³-hybridized carbons (Fsp3) is 0.667. The molecule has 0 atom stereocenters. The lowest BCUT2D eigenvalue weighted by Gasteiger charge is -2.16. The molecule has 0 heterocycles. The summed E-state index contributed by atoms with van der Waals surface area (Å²) in [7, 11) is 0. The molecule has 0 aliphatic carbocycles. The van der Waals surface area contributed by atoms with Crippen molar-refractivity contribution >= 4 is 11.9 Å². The molecule has 0 saturated carbocycles. The molecule has 0 aromatic rings. The van der Waals surface area contributed by atoms with Gasteiger partial charge in [-0.05, 0) is 0 Å². The normalized spacial score (nSPS) is 10.3. The molecule has 3 N–H and O–H groups in total. The summed E-state index contributed by atoms with van der Waals surface area (Å²) < 4.78 is 0. The first kappa shape index (κ1) is 11.8. The van der Waals surface area contributed by atoms with Crippen LogP contribution in [0.1, 0.15) is 0 Å². The van der Waals surface area contributed by atoms with Crippen molar-refractivity contribution < 1.29 is 29.9 Å². The smallest absolute Gasteiger partial charge is 0.317 e. The summed E-state index contributed by atoms with van der Waals surface area (Å²) in [6, 6.07) is 0. The summed E-state index contributed by atoms with van der Waals surface area (Å²) in [4.78, 5) is 25.3. The summed E-state index contributed by atoms with van der Waals surface area (Å²) in [5.41, 5.74) is 0. The number of hydrogen-bond donors (Lipinski definition) is 3. The van der Waals surface area contributed by atoms with Gasteiger partial charge in [-0.1, -0.05) is 0 Å². The van der Waals surface area contributed by atoms with Crippen LogP contribution in [-0.2, 0) is 14.5 Å². The summed E-state index contributed by atoms with van der Waals surface area (Å²) >= 11 is 0. The quantitative estimate of drug-likeness (QED) is 0.349. The van der Waals surface area contributed by atoms with Crippen molar-refractivity contribution in [1.29, 1.82) is 0 Å². The monoisotopic (exact) mass is 193 g/mol. The second kappa shape index (κ2) is 6.35. The van der Waals surface area contributed by atoms with Crippen LogP contribution in [0, 0.1) is 0 Å². The highest BCUT2D eigenvalue weighted by Gasteiger charge is 2.12. The first-order valence-electron chi connectivity index (χ1n) is 3.48. The molecule has 0 radical (unpaired) electrons. The highest BCUT2D eigenvalue weighted by molar-refractivity contribution is 5.72. The largest absolute Gasteiger partial charge is 0.480 e. The molecule has 0 aromatic heterocycles. The molecule has 7 nitrogen and oxygen atoms in total. The number of rotatable bonds is 7. The average Bonchev–Trinajstić information content (AvgIpc) is 1.98. The van der Waals surface area contributed by atoms with Gasteiger partial charge in [-0.2, -0.15) is 0 Å². The molecule has 76 valence electrons. The van der Waals surface area contributed by atoms with Crippen molar-refractivity contribution in [3.8, 4) is 0 Å². The van der Waals surface area contributed by atoms with Crippen LogP contribution in [0.2, 0.25) is 0 Å². The number of carboxylic acid groups (broad SMARTS) is 2. The van der Waals surface area contributed by atoms with E-state index in [1.165, 1.54) is 0 Å². The second-order valence-corrected chi connectivity index (χ2v) is 2.33. The molecular formula is C6H11NO6. The topological polar surface area (TPSA) is 107 Å². The van der Waals surface area contributed by atoms with Crippen LogP contribution in [0.3, 0.4) is 0 Å². The van der Waals surface area contributed by atoms with E-state index in [-0.39, 0.29) is 13.2 Å². The minimum absolute atomic E-state index is 0.0507. The van der Waals surface area contributed by atoms with Gasteiger partial charge < -0.3 is 10.2 Å². The maximum atomic E-state index is 10.2. The van der Waals surface area contributed by atoms with Crippen LogP contribution in [-0.4, -0.2) is 58.5 Å². The Balaban J connectivity index is 3.87. The van der Waals surface area contributed by atoms with Crippen molar-refractivity contribution in [2.24, 2.45) is 0 Å². The molecule has 0 amide bonds. The molecular weight excluding hydrogens is 182 g/mol. The van der Waals surface area contributed by atoms with Gasteiger partial charge >= 0.3 is 11.9 Å². The van der Waals surface area contributed by atoms with Gasteiger partial charge in [-0.15, -0.1) is 0 Å². The van der Waals surface area contributed by atoms with Crippen molar-refractivity contribution in [1.82, 2.24) is 4.90 Å². The van der Waals surface area contributed by atoms with Crippen LogP contribution in [0.4, 0.5) is 0 Å². The Morgan fingerprint density at radius 1 is 1.15 bits per heavy atom. The Morgan fingerprint density at radius 2 is 1.62 bits per heavy atom. The van der Waals surface area contributed by atoms with E-state index in [0.717, 1.165) is 4.90 Å². The number of carboxylic acids is 2. The highest BCUT2D eigenvalue weighted by atomic mass is 17.1. The van der Waals surface area contributed by atoms with E-state index < -0.39 is 25.0 Å². The Hall–Kier alpha value is -1.18. The minimum Gasteiger partial charge on any atom is -0.480 e. The van der Waals surface area contributed by atoms with E-state index >= 15 is 0 Å². The van der Waals surface area contributed by atoms with Crippen LogP contribution in [0.5, 0.6) is 0 Å². The van der Waals surface area contributed by atoms with Gasteiger partial charge in [0.25, 0.3) is 0 Å². The predicted octanol–water partition coefficient (Wildman–Crippen LogP) is -1.05. The van der Waals surface area contributed by atoms with Crippen LogP contribution in [0.15, 0.2) is 0 Å². The maximum absolute atomic E-state index is 10.2. The summed E-state index contributed by atoms with van der Waals surface area (Å²) in [5.74, 6) is -2.25. The van der Waals surface area contributed by atoms with Crippen molar-refractivity contribution in [3.63, 3.8) is 0 Å². The van der Waals surface area contributed by atoms with Gasteiger partial charge in [0.1, 0.15) is 0 Å². The Labute approximate surface area is 74.1 Å². The summed E-state index contributed by atoms with van der Waals surface area (Å²) in [5, 5.41) is 24.7. The van der Waals surface area contributed by atoms with E-state index in [4.69, 9.17) is 15.5 Å². The Bertz CT molecular complexity index is 166. The number of aliphatic carboxylic acids is 2. The third kappa shape index (κ3) is 7.19. The van der Waals surface area contributed by atoms with Gasteiger partial charge in [0.2, 0.25) is 0 Å². The van der Waals surface area contributed by atoms with E-state index in [0.29, 0.717) is 0 Å². The van der Waals surface area contributed by atoms with E-state index in [9.17, 15) is 9.59 Å². The Kier molecular flexibility index (Phi) is 5.77. The second-order valence-electron chi connectivity index (χ2n) is 2.33. The molecule has 0 saturated heterocycles. The lowest BCUT2D eigenvalue weighted by Crippen LogP contribution is -2.36. The summed E-state index contributed by atoms with van der Waals surface area (Å²) in [6.45, 7) is -0.860. The molecule has 0 rings (SSSR count). The fourth-order valence-electron chi connectivity index (χ4n) is 0.767. The van der Waals surface area contributed by atoms with E-state index in [1.54, 1.807) is 0 Å². The van der Waals surface area contributed by atoms with Crippen molar-refractivity contribution in [2.45, 2.75) is 0 Å². The van der Waals surface area contributed by atoms with Crippen LogP contribution >= 0.6 is 0 Å². The molecule has 7 heteroatoms. The fourth-order valence-corrected chi connectivity index (χ4v) is 0.767. The lowest BCUT2D eigenvalue weighted by molar-refractivity contribution is -0.244. The van der Waals surface area contributed by atoms with Gasteiger partial charge in [-0.25, -0.2) is 4.89 Å². The van der Waals surface area contributed by atoms with Gasteiger partial charge in [0.15, 0.2) is 0 Å². The minimum atomic E-state index is -1.13. The predicted molar refractivity (Wildman–Crippen MR) is 40.3 cm³/mol. The molecule has 0 bridgehead atoms. The number of hydrogen-bond acceptors (Lipinski definition) is 5. The third-order valence-corrected chi connectivity index (χ3v) is 1.22. The van der Waals surface area contributed by atoms with Gasteiger partial charge in [0.05, 0.1) is 19.7 Å². The molecule has 0 aliphatic heterocycles. The molecule has 13 heavy (non-hydrogen) atoms. The SMILES string of the molecule is O=C(O)CN(CCOO)CC(=O)O. The number of carbonyl (C=O) groups is 2. The summed E-state index contributed by atoms with van der Waals surface area (Å²) in [6.07, 6.45) is 0. The highest BCUT2D eigenvalue weighted by Crippen LogP contribution is 1.88. The molecule has 0 aromatic carbocycles. The third-order valence-electron chi connectivity index (χ3n) is 1.22. The first-order valence-corrected chi connectivity index (χ1v) is 3.48. The average molecular weight is 193 g/mol. The maximum Gasteiger partial charge on any atom is 0.317 e. The van der Waals surface area contributed by atoms with Crippen LogP contribution in [0.25, 0.3) is 0 Å². The molecule has 0 fully saturated rings. The van der Waals surface area contributed by atoms with Crippen molar-refractivity contribution in [3.05, 3.63) is 0 Å². The van der Waals surface area contributed by atoms with Gasteiger partial charge in [0, 0.05) is 6.54 Å². The van der Waals surface area contributed by atoms with E-state index in [2.05, 4.69) is 4.89 Å². The van der Waals surface area contributed by atoms with Crippen LogP contribution < -0.4 is 0 Å². The number of nitrogens with zero attached hydrogens (tertiary/aromatic N) is 1. The lowest BCUT2D eigenvalue weighted by atomic mass is 10.4. The van der Waals surface area contributed by atoms with Gasteiger partial charge in [-0.3, -0.25) is 19.7 Å². The standard InChI is InChI=1S/C6H11NO6/c8-5(9)3-7(1-2-13-12)4-6(10)11/h12H,1-4H2,(H,8,9)(H,10,11). The molecule has 0 unspecified atom stereocenters. The zero-order valence-electron chi connectivity index (χ0n) is 6.84. The van der Waals surface area contributed by atoms with Crippen molar-refractivity contribution in [2.75, 3.05) is 26.2 Å². The zero-order valence-corrected chi connectivity index (χ0v) is 6.84. The zero-order chi connectivity index (χ0) is 10.3. The molecule has 0 spiro atoms. The Morgan fingerprint density at radius 3 is 1.92 bits per heavy atom.